The molecule has 5 rings (SSSR count). The maximum Gasteiger partial charge on any atom is 0.318 e. The van der Waals surface area contributed by atoms with Crippen molar-refractivity contribution >= 4 is 34.6 Å². The highest BCUT2D eigenvalue weighted by molar-refractivity contribution is 6.15. The lowest BCUT2D eigenvalue weighted by atomic mass is 9.88. The summed E-state index contributed by atoms with van der Waals surface area (Å²) in [5, 5.41) is 13.9. The number of aromatic amines is 1. The van der Waals surface area contributed by atoms with E-state index in [9.17, 15) is 14.4 Å². The Kier molecular flexibility index (Phi) is 6.41. The molecule has 1 fully saturated rings. The van der Waals surface area contributed by atoms with Crippen LogP contribution in [0.15, 0.2) is 53.7 Å². The summed E-state index contributed by atoms with van der Waals surface area (Å²) in [6.07, 6.45) is 2.95. The van der Waals surface area contributed by atoms with Crippen LogP contribution in [0.4, 0.5) is 4.79 Å². The van der Waals surface area contributed by atoms with Crippen molar-refractivity contribution in [2.45, 2.75) is 37.8 Å². The largest absolute Gasteiger partial charge is 0.347 e. The van der Waals surface area contributed by atoms with E-state index in [0.29, 0.717) is 38.2 Å². The van der Waals surface area contributed by atoms with Gasteiger partial charge in [-0.25, -0.2) is 4.79 Å². The second-order valence-corrected chi connectivity index (χ2v) is 9.99. The number of hydrogen-bond donors (Lipinski definition) is 3. The topological polar surface area (TPSA) is 123 Å². The van der Waals surface area contributed by atoms with Gasteiger partial charge in [-0.2, -0.15) is 5.10 Å². The van der Waals surface area contributed by atoms with Crippen molar-refractivity contribution in [3.8, 4) is 0 Å². The Bertz CT molecular complexity index is 1370. The molecule has 4 amide bonds. The van der Waals surface area contributed by atoms with Crippen LogP contribution in [-0.2, 0) is 16.0 Å². The lowest BCUT2D eigenvalue weighted by Gasteiger charge is -2.36. The highest BCUT2D eigenvalue weighted by Gasteiger charge is 2.46. The summed E-state index contributed by atoms with van der Waals surface area (Å²) in [7, 11) is 3.36. The molecule has 10 nitrogen and oxygen atoms in total. The van der Waals surface area contributed by atoms with Crippen molar-refractivity contribution in [3.05, 3.63) is 65.4 Å². The van der Waals surface area contributed by atoms with Crippen molar-refractivity contribution in [2.24, 2.45) is 4.99 Å². The van der Waals surface area contributed by atoms with Crippen molar-refractivity contribution in [2.75, 3.05) is 27.2 Å². The number of aryl methyl sites for hydroxylation is 1. The summed E-state index contributed by atoms with van der Waals surface area (Å²) in [6, 6.07) is 12.5. The van der Waals surface area contributed by atoms with Crippen LogP contribution in [0.2, 0.25) is 0 Å². The average molecular weight is 502 g/mol. The van der Waals surface area contributed by atoms with Gasteiger partial charge in [0.15, 0.2) is 0 Å². The van der Waals surface area contributed by atoms with Crippen LogP contribution in [0.3, 0.4) is 0 Å². The van der Waals surface area contributed by atoms with E-state index in [2.05, 4.69) is 20.8 Å². The second-order valence-electron chi connectivity index (χ2n) is 9.99. The van der Waals surface area contributed by atoms with Crippen LogP contribution in [0.1, 0.15) is 29.5 Å². The highest BCUT2D eigenvalue weighted by Crippen LogP contribution is 2.31. The van der Waals surface area contributed by atoms with Crippen molar-refractivity contribution in [1.29, 1.82) is 0 Å². The number of rotatable bonds is 5. The minimum atomic E-state index is -0.863. The molecule has 1 saturated heterocycles. The average Bonchev–Trinajstić information content (AvgIpc) is 3.49. The van der Waals surface area contributed by atoms with Gasteiger partial charge in [-0.05, 0) is 37.0 Å². The van der Waals surface area contributed by atoms with Crippen LogP contribution in [0.5, 0.6) is 0 Å². The lowest BCUT2D eigenvalue weighted by Crippen LogP contribution is -2.56. The molecule has 3 aromatic rings. The number of amidine groups is 1. The van der Waals surface area contributed by atoms with Crippen LogP contribution in [-0.4, -0.2) is 82.4 Å². The molecular weight excluding hydrogens is 470 g/mol. The van der Waals surface area contributed by atoms with Crippen LogP contribution < -0.4 is 10.6 Å². The van der Waals surface area contributed by atoms with Gasteiger partial charge in [0.2, 0.25) is 5.91 Å². The number of amides is 4. The third-order valence-corrected chi connectivity index (χ3v) is 7.19. The molecule has 0 bridgehead atoms. The molecule has 0 radical (unpaired) electrons. The van der Waals surface area contributed by atoms with E-state index in [4.69, 9.17) is 4.99 Å². The Hall–Kier alpha value is -4.21. The quantitative estimate of drug-likeness (QED) is 0.495. The molecule has 0 saturated carbocycles. The number of fused-ring (bicyclic) bond motifs is 1. The number of piperidine rings is 1. The van der Waals surface area contributed by atoms with E-state index in [1.54, 1.807) is 25.2 Å². The number of nitrogens with one attached hydrogen (secondary N) is 3. The first-order valence-electron chi connectivity index (χ1n) is 12.4. The van der Waals surface area contributed by atoms with Gasteiger partial charge in [0.1, 0.15) is 17.4 Å². The minimum absolute atomic E-state index is 0.128. The number of likely N-dealkylation sites (tertiary alicyclic amines) is 1. The molecular formula is C27H31N7O3. The van der Waals surface area contributed by atoms with Gasteiger partial charge in [-0.3, -0.25) is 19.7 Å². The Labute approximate surface area is 215 Å². The molecule has 1 aromatic heterocycles. The summed E-state index contributed by atoms with van der Waals surface area (Å²) in [4.78, 5) is 47.0. The summed E-state index contributed by atoms with van der Waals surface area (Å²) in [5.41, 5.74) is 2.92. The zero-order chi connectivity index (χ0) is 26.2. The number of aromatic nitrogens is 2. The number of hydrogen-bond acceptors (Lipinski definition) is 5. The summed E-state index contributed by atoms with van der Waals surface area (Å²) >= 11 is 0. The molecule has 0 aliphatic carbocycles. The molecule has 3 heterocycles. The molecule has 10 heteroatoms. The van der Waals surface area contributed by atoms with Gasteiger partial charge in [0.05, 0.1) is 11.7 Å². The first-order valence-corrected chi connectivity index (χ1v) is 12.4. The smallest absolute Gasteiger partial charge is 0.318 e. The molecule has 2 aromatic carbocycles. The monoisotopic (exact) mass is 501 g/mol. The van der Waals surface area contributed by atoms with E-state index < -0.39 is 11.6 Å². The van der Waals surface area contributed by atoms with Gasteiger partial charge in [0.25, 0.3) is 5.91 Å². The number of nitrogens with zero attached hydrogens (tertiary/aromatic N) is 4. The minimum Gasteiger partial charge on any atom is -0.347 e. The number of benzene rings is 2. The molecule has 3 N–H and O–H groups in total. The third-order valence-electron chi connectivity index (χ3n) is 7.19. The zero-order valence-electron chi connectivity index (χ0n) is 21.2. The van der Waals surface area contributed by atoms with Gasteiger partial charge >= 0.3 is 6.03 Å². The predicted molar refractivity (Wildman–Crippen MR) is 140 cm³/mol. The molecule has 37 heavy (non-hydrogen) atoms. The van der Waals surface area contributed by atoms with Gasteiger partial charge in [-0.1, -0.05) is 36.4 Å². The Morgan fingerprint density at radius 2 is 1.89 bits per heavy atom. The van der Waals surface area contributed by atoms with Gasteiger partial charge in [0, 0.05) is 44.6 Å². The lowest BCUT2D eigenvalue weighted by molar-refractivity contribution is -0.130. The molecule has 1 unspecified atom stereocenters. The number of carbonyl (C=O) groups excluding carboxylic acids is 3. The number of carbonyl (C=O) groups is 3. The fourth-order valence-electron chi connectivity index (χ4n) is 5.09. The first kappa shape index (κ1) is 24.5. The maximum atomic E-state index is 13.2. The standard InChI is InChI=1S/C27H31N7O3/c1-17-13-18(14-20-16-28-32-22(17)20)15-21(24(35)33(2)3)29-26(37)34-11-9-27(10-12-34)25(36)30-23(31-27)19-7-5-4-6-8-19/h4-8,13-14,16,21H,9-12,15H2,1-3H3,(H,28,32)(H,29,37)(H,30,31,36). The van der Waals surface area contributed by atoms with Crippen molar-refractivity contribution in [1.82, 2.24) is 30.6 Å². The number of H-pyrrole nitrogens is 1. The van der Waals surface area contributed by atoms with Gasteiger partial charge in [-0.15, -0.1) is 0 Å². The second kappa shape index (κ2) is 9.68. The molecule has 1 spiro atoms. The van der Waals surface area contributed by atoms with E-state index in [-0.39, 0.29) is 17.8 Å². The predicted octanol–water partition coefficient (Wildman–Crippen LogP) is 1.99. The number of likely N-dealkylation sites (N-methyl/N-ethyl adjacent to an activating group) is 1. The van der Waals surface area contributed by atoms with E-state index in [1.807, 2.05) is 49.4 Å². The van der Waals surface area contributed by atoms with Gasteiger partial charge < -0.3 is 20.4 Å². The van der Waals surface area contributed by atoms with E-state index in [1.165, 1.54) is 4.90 Å². The number of aliphatic imine (C=N–C) groups is 1. The normalized spacial score (nSPS) is 17.4. The summed E-state index contributed by atoms with van der Waals surface area (Å²) in [5.74, 6) is 0.265. The summed E-state index contributed by atoms with van der Waals surface area (Å²) in [6.45, 7) is 2.72. The summed E-state index contributed by atoms with van der Waals surface area (Å²) < 4.78 is 0. The van der Waals surface area contributed by atoms with Crippen LogP contribution >= 0.6 is 0 Å². The van der Waals surface area contributed by atoms with Crippen LogP contribution in [0.25, 0.3) is 10.9 Å². The third kappa shape index (κ3) is 4.78. The van der Waals surface area contributed by atoms with Crippen LogP contribution in [0, 0.1) is 6.92 Å². The van der Waals surface area contributed by atoms with Crippen molar-refractivity contribution < 1.29 is 14.4 Å². The Morgan fingerprint density at radius 3 is 2.59 bits per heavy atom. The van der Waals surface area contributed by atoms with E-state index >= 15 is 0 Å². The Morgan fingerprint density at radius 1 is 1.16 bits per heavy atom. The fraction of sp³-hybridized carbons (Fsp3) is 0.370. The molecule has 192 valence electrons. The first-order chi connectivity index (χ1) is 17.8. The van der Waals surface area contributed by atoms with Crippen molar-refractivity contribution in [3.63, 3.8) is 0 Å². The SMILES string of the molecule is Cc1cc(CC(NC(=O)N2CCC3(CC2)N=C(c2ccccc2)NC3=O)C(=O)N(C)C)cc2cn[nH]c12. The molecule has 1 atom stereocenters. The van der Waals surface area contributed by atoms with E-state index in [0.717, 1.165) is 27.6 Å². The fourth-order valence-corrected chi connectivity index (χ4v) is 5.09. The zero-order valence-corrected chi connectivity index (χ0v) is 21.2. The molecule has 2 aliphatic rings. The Balaban J connectivity index is 1.27. The number of urea groups is 1. The highest BCUT2D eigenvalue weighted by atomic mass is 16.2. The molecule has 2 aliphatic heterocycles. The maximum absolute atomic E-state index is 13.2.